The van der Waals surface area contributed by atoms with E-state index in [0.717, 1.165) is 5.56 Å². The molecule has 1 aromatic carbocycles. The normalized spacial score (nSPS) is 11.1. The van der Waals surface area contributed by atoms with Gasteiger partial charge in [0.2, 0.25) is 5.91 Å². The number of rotatable bonds is 5. The van der Waals surface area contributed by atoms with Gasteiger partial charge in [-0.3, -0.25) is 4.79 Å². The predicted octanol–water partition coefficient (Wildman–Crippen LogP) is 1.82. The van der Waals surface area contributed by atoms with Crippen LogP contribution in [0.4, 0.5) is 0 Å². The molecule has 0 aliphatic rings. The Morgan fingerprint density at radius 2 is 2.00 bits per heavy atom. The fourth-order valence-corrected chi connectivity index (χ4v) is 1.35. The van der Waals surface area contributed by atoms with Crippen LogP contribution in [0.5, 0.6) is 0 Å². The van der Waals surface area contributed by atoms with Gasteiger partial charge in [0.1, 0.15) is 6.61 Å². The Hall–Kier alpha value is -1.88. The lowest BCUT2D eigenvalue weighted by molar-refractivity contribution is -0.130. The van der Waals surface area contributed by atoms with Crippen molar-refractivity contribution in [1.29, 1.82) is 0 Å². The number of hydrogen-bond donors (Lipinski definition) is 2. The molecule has 104 valence electrons. The van der Waals surface area contributed by atoms with Crippen LogP contribution in [-0.2, 0) is 16.1 Å². The number of carbonyl (C=O) groups excluding carboxylic acids is 1. The molecule has 1 amide bonds. The van der Waals surface area contributed by atoms with Gasteiger partial charge in [-0.1, -0.05) is 12.1 Å². The fraction of sp³-hybridized carbons (Fsp3) is 0.429. The van der Waals surface area contributed by atoms with E-state index in [-0.39, 0.29) is 30.2 Å². The molecule has 19 heavy (non-hydrogen) atoms. The summed E-state index contributed by atoms with van der Waals surface area (Å²) >= 11 is 0. The van der Waals surface area contributed by atoms with E-state index in [1.807, 2.05) is 20.8 Å². The van der Waals surface area contributed by atoms with Crippen molar-refractivity contribution in [2.75, 3.05) is 6.61 Å². The largest absolute Gasteiger partial charge is 0.478 e. The molecule has 0 spiro atoms. The molecule has 5 nitrogen and oxygen atoms in total. The molecule has 0 fully saturated rings. The van der Waals surface area contributed by atoms with Crippen molar-refractivity contribution in [3.63, 3.8) is 0 Å². The first-order valence-corrected chi connectivity index (χ1v) is 6.01. The van der Waals surface area contributed by atoms with E-state index in [9.17, 15) is 9.59 Å². The zero-order valence-electron chi connectivity index (χ0n) is 11.4. The van der Waals surface area contributed by atoms with Crippen LogP contribution in [0.1, 0.15) is 36.7 Å². The van der Waals surface area contributed by atoms with E-state index < -0.39 is 5.97 Å². The van der Waals surface area contributed by atoms with E-state index in [4.69, 9.17) is 9.84 Å². The van der Waals surface area contributed by atoms with Gasteiger partial charge in [0.25, 0.3) is 0 Å². The smallest absolute Gasteiger partial charge is 0.335 e. The van der Waals surface area contributed by atoms with Crippen LogP contribution in [0.25, 0.3) is 0 Å². The Labute approximate surface area is 112 Å². The van der Waals surface area contributed by atoms with E-state index in [2.05, 4.69) is 5.32 Å². The third-order valence-electron chi connectivity index (χ3n) is 2.30. The van der Waals surface area contributed by atoms with Gasteiger partial charge in [-0.15, -0.1) is 0 Å². The van der Waals surface area contributed by atoms with Crippen molar-refractivity contribution in [2.45, 2.75) is 32.9 Å². The monoisotopic (exact) mass is 265 g/mol. The minimum absolute atomic E-state index is 0.0118. The van der Waals surface area contributed by atoms with Crippen molar-refractivity contribution in [3.05, 3.63) is 35.4 Å². The summed E-state index contributed by atoms with van der Waals surface area (Å²) in [4.78, 5) is 22.3. The molecule has 0 radical (unpaired) electrons. The minimum atomic E-state index is -0.982. The number of aromatic carboxylic acids is 1. The first kappa shape index (κ1) is 15.2. The summed E-state index contributed by atoms with van der Waals surface area (Å²) in [6, 6.07) is 6.46. The summed E-state index contributed by atoms with van der Waals surface area (Å²) in [5, 5.41) is 11.5. The van der Waals surface area contributed by atoms with Crippen molar-refractivity contribution >= 4 is 11.9 Å². The topological polar surface area (TPSA) is 75.6 Å². The molecule has 5 heteroatoms. The molecule has 0 saturated carbocycles. The van der Waals surface area contributed by atoms with Crippen molar-refractivity contribution in [3.8, 4) is 0 Å². The second-order valence-corrected chi connectivity index (χ2v) is 5.18. The molecule has 0 heterocycles. The Balaban J connectivity index is 2.46. The standard InChI is InChI=1S/C14H19NO4/c1-14(2,3)19-9-12(16)15-8-10-5-4-6-11(7-10)13(17)18/h4-7H,8-9H2,1-3H3,(H,15,16)(H,17,18). The van der Waals surface area contributed by atoms with E-state index in [1.54, 1.807) is 12.1 Å². The van der Waals surface area contributed by atoms with Crippen molar-refractivity contribution in [1.82, 2.24) is 5.32 Å². The maximum absolute atomic E-state index is 11.5. The zero-order valence-corrected chi connectivity index (χ0v) is 11.4. The summed E-state index contributed by atoms with van der Waals surface area (Å²) in [7, 11) is 0. The number of nitrogens with one attached hydrogen (secondary N) is 1. The molecular formula is C14H19NO4. The number of carboxylic acid groups (broad SMARTS) is 1. The molecule has 0 aromatic heterocycles. The predicted molar refractivity (Wildman–Crippen MR) is 71.0 cm³/mol. The first-order valence-electron chi connectivity index (χ1n) is 6.01. The number of amides is 1. The van der Waals surface area contributed by atoms with Crippen molar-refractivity contribution < 1.29 is 19.4 Å². The lowest BCUT2D eigenvalue weighted by Crippen LogP contribution is -2.31. The molecule has 0 aliphatic carbocycles. The number of carbonyl (C=O) groups is 2. The van der Waals surface area contributed by atoms with E-state index in [1.165, 1.54) is 12.1 Å². The molecule has 0 unspecified atom stereocenters. The van der Waals surface area contributed by atoms with Crippen LogP contribution in [0, 0.1) is 0 Å². The molecule has 0 saturated heterocycles. The van der Waals surface area contributed by atoms with Crippen LogP contribution in [-0.4, -0.2) is 29.2 Å². The van der Waals surface area contributed by atoms with Gasteiger partial charge in [0.15, 0.2) is 0 Å². The van der Waals surface area contributed by atoms with E-state index >= 15 is 0 Å². The molecule has 0 aliphatic heterocycles. The van der Waals surface area contributed by atoms with Crippen LogP contribution in [0.2, 0.25) is 0 Å². The number of benzene rings is 1. The lowest BCUT2D eigenvalue weighted by atomic mass is 10.1. The fourth-order valence-electron chi connectivity index (χ4n) is 1.35. The van der Waals surface area contributed by atoms with Gasteiger partial charge >= 0.3 is 5.97 Å². The number of carboxylic acids is 1. The number of ether oxygens (including phenoxy) is 1. The maximum Gasteiger partial charge on any atom is 0.335 e. The summed E-state index contributed by atoms with van der Waals surface area (Å²) in [6.07, 6.45) is 0. The highest BCUT2D eigenvalue weighted by molar-refractivity contribution is 5.87. The molecule has 0 atom stereocenters. The SMILES string of the molecule is CC(C)(C)OCC(=O)NCc1cccc(C(=O)O)c1. The second kappa shape index (κ2) is 6.33. The number of hydrogen-bond acceptors (Lipinski definition) is 3. The summed E-state index contributed by atoms with van der Waals surface area (Å²) in [6.45, 7) is 5.89. The molecule has 1 rings (SSSR count). The van der Waals surface area contributed by atoms with E-state index in [0.29, 0.717) is 0 Å². The Kier molecular flexibility index (Phi) is 5.06. The Morgan fingerprint density at radius 1 is 1.32 bits per heavy atom. The first-order chi connectivity index (χ1) is 8.78. The lowest BCUT2D eigenvalue weighted by Gasteiger charge is -2.19. The zero-order chi connectivity index (χ0) is 14.5. The highest BCUT2D eigenvalue weighted by Gasteiger charge is 2.12. The van der Waals surface area contributed by atoms with Gasteiger partial charge in [0.05, 0.1) is 11.2 Å². The average molecular weight is 265 g/mol. The van der Waals surface area contributed by atoms with Gasteiger partial charge in [-0.05, 0) is 38.5 Å². The summed E-state index contributed by atoms with van der Waals surface area (Å²) in [5.74, 6) is -1.21. The molecular weight excluding hydrogens is 246 g/mol. The summed E-state index contributed by atoms with van der Waals surface area (Å²) in [5.41, 5.74) is 0.585. The van der Waals surface area contributed by atoms with Crippen molar-refractivity contribution in [2.24, 2.45) is 0 Å². The van der Waals surface area contributed by atoms with Crippen LogP contribution in [0.15, 0.2) is 24.3 Å². The highest BCUT2D eigenvalue weighted by atomic mass is 16.5. The quantitative estimate of drug-likeness (QED) is 0.851. The molecule has 2 N–H and O–H groups in total. The van der Waals surface area contributed by atoms with Gasteiger partial charge < -0.3 is 15.2 Å². The maximum atomic E-state index is 11.5. The Bertz CT molecular complexity index is 463. The van der Waals surface area contributed by atoms with Crippen LogP contribution >= 0.6 is 0 Å². The van der Waals surface area contributed by atoms with Crippen LogP contribution in [0.3, 0.4) is 0 Å². The molecule has 1 aromatic rings. The third kappa shape index (κ3) is 6.01. The van der Waals surface area contributed by atoms with Gasteiger partial charge in [-0.2, -0.15) is 0 Å². The summed E-state index contributed by atoms with van der Waals surface area (Å²) < 4.78 is 5.34. The molecule has 0 bridgehead atoms. The minimum Gasteiger partial charge on any atom is -0.478 e. The van der Waals surface area contributed by atoms with Gasteiger partial charge in [-0.25, -0.2) is 4.79 Å². The van der Waals surface area contributed by atoms with Gasteiger partial charge in [0, 0.05) is 6.54 Å². The third-order valence-corrected chi connectivity index (χ3v) is 2.30. The average Bonchev–Trinajstić information content (AvgIpc) is 2.33. The Morgan fingerprint density at radius 3 is 2.58 bits per heavy atom. The second-order valence-electron chi connectivity index (χ2n) is 5.18. The van der Waals surface area contributed by atoms with Crippen LogP contribution < -0.4 is 5.32 Å². The highest BCUT2D eigenvalue weighted by Crippen LogP contribution is 2.07.